The molecule has 2 N–H and O–H groups in total. The molecule has 4 rings (SSSR count). The fourth-order valence-electron chi connectivity index (χ4n) is 3.55. The van der Waals surface area contributed by atoms with Crippen LogP contribution in [0.4, 0.5) is 0 Å². The maximum atomic E-state index is 10.3. The van der Waals surface area contributed by atoms with Crippen LogP contribution in [-0.2, 0) is 13.1 Å². The third-order valence-corrected chi connectivity index (χ3v) is 4.76. The normalized spacial score (nSPS) is 23.8. The summed E-state index contributed by atoms with van der Waals surface area (Å²) in [5, 5.41) is 13.8. The van der Waals surface area contributed by atoms with E-state index in [1.807, 2.05) is 18.6 Å². The number of imidazole rings is 1. The van der Waals surface area contributed by atoms with Crippen molar-refractivity contribution in [1.82, 2.24) is 24.8 Å². The Morgan fingerprint density at radius 3 is 2.83 bits per heavy atom. The molecule has 1 unspecified atom stereocenters. The summed E-state index contributed by atoms with van der Waals surface area (Å²) < 4.78 is 2.09. The van der Waals surface area contributed by atoms with Crippen LogP contribution < -0.4 is 5.32 Å². The van der Waals surface area contributed by atoms with Gasteiger partial charge in [0.1, 0.15) is 0 Å². The van der Waals surface area contributed by atoms with Crippen LogP contribution in [0.3, 0.4) is 0 Å². The minimum atomic E-state index is -0.293. The molecule has 124 valence electrons. The molecule has 0 radical (unpaired) electrons. The van der Waals surface area contributed by atoms with Crippen molar-refractivity contribution < 1.29 is 5.11 Å². The van der Waals surface area contributed by atoms with Gasteiger partial charge >= 0.3 is 0 Å². The Labute approximate surface area is 140 Å². The lowest BCUT2D eigenvalue weighted by Crippen LogP contribution is -2.35. The smallest absolute Gasteiger partial charge is 0.0945 e. The van der Waals surface area contributed by atoms with Gasteiger partial charge in [-0.25, -0.2) is 4.98 Å². The minimum Gasteiger partial charge on any atom is -0.391 e. The van der Waals surface area contributed by atoms with Gasteiger partial charge in [-0.05, 0) is 36.5 Å². The van der Waals surface area contributed by atoms with Gasteiger partial charge in [-0.15, -0.1) is 0 Å². The van der Waals surface area contributed by atoms with Crippen molar-refractivity contribution >= 4 is 11.0 Å². The molecule has 1 aliphatic carbocycles. The molecule has 6 nitrogen and oxygen atoms in total. The second-order valence-corrected chi connectivity index (χ2v) is 6.53. The van der Waals surface area contributed by atoms with Crippen LogP contribution in [0.25, 0.3) is 11.0 Å². The highest BCUT2D eigenvalue weighted by atomic mass is 16.3. The lowest BCUT2D eigenvalue weighted by Gasteiger charge is -2.16. The molecular weight excluding hydrogens is 302 g/mol. The zero-order chi connectivity index (χ0) is 16.4. The summed E-state index contributed by atoms with van der Waals surface area (Å²) in [5.41, 5.74) is 2.97. The second kappa shape index (κ2) is 6.67. The summed E-state index contributed by atoms with van der Waals surface area (Å²) in [6.45, 7) is 1.65. The molecule has 0 spiro atoms. The standard InChI is InChI=1S/C18H21N5O/c24-18-9-14(11-23-6-5-19-12-23)8-17(18)22-10-13-1-2-15-16(7-13)21-4-3-20-15/h1-7,12,14,17-18,22,24H,8-11H2/t14?,17-,18-/m1/s1. The number of hydrogen-bond donors (Lipinski definition) is 2. The number of rotatable bonds is 5. The fourth-order valence-corrected chi connectivity index (χ4v) is 3.55. The molecule has 1 saturated carbocycles. The number of nitrogens with zero attached hydrogens (tertiary/aromatic N) is 4. The minimum absolute atomic E-state index is 0.135. The lowest BCUT2D eigenvalue weighted by molar-refractivity contribution is 0.145. The SMILES string of the molecule is O[C@@H]1CC(Cn2ccnc2)C[C@H]1NCc1ccc2nccnc2c1. The van der Waals surface area contributed by atoms with Gasteiger partial charge < -0.3 is 15.0 Å². The van der Waals surface area contributed by atoms with Crippen LogP contribution in [0.15, 0.2) is 49.3 Å². The molecule has 2 aromatic heterocycles. The first-order valence-electron chi connectivity index (χ1n) is 8.35. The molecule has 0 aliphatic heterocycles. The number of hydrogen-bond acceptors (Lipinski definition) is 5. The van der Waals surface area contributed by atoms with Gasteiger partial charge in [0, 0.05) is 43.9 Å². The summed E-state index contributed by atoms with van der Waals surface area (Å²) >= 11 is 0. The number of fused-ring (bicyclic) bond motifs is 1. The van der Waals surface area contributed by atoms with E-state index in [1.54, 1.807) is 18.6 Å². The monoisotopic (exact) mass is 323 g/mol. The van der Waals surface area contributed by atoms with Crippen molar-refractivity contribution in [1.29, 1.82) is 0 Å². The van der Waals surface area contributed by atoms with Gasteiger partial charge in [0.2, 0.25) is 0 Å². The maximum Gasteiger partial charge on any atom is 0.0945 e. The first kappa shape index (κ1) is 15.2. The quantitative estimate of drug-likeness (QED) is 0.748. The number of aliphatic hydroxyl groups excluding tert-OH is 1. The number of aromatic nitrogens is 4. The molecule has 0 amide bonds. The molecule has 2 heterocycles. The van der Waals surface area contributed by atoms with Crippen molar-refractivity contribution in [2.45, 2.75) is 38.1 Å². The molecule has 1 aliphatic rings. The van der Waals surface area contributed by atoms with E-state index in [0.717, 1.165) is 42.5 Å². The van der Waals surface area contributed by atoms with Crippen molar-refractivity contribution in [3.8, 4) is 0 Å². The third kappa shape index (κ3) is 3.29. The van der Waals surface area contributed by atoms with E-state index in [0.29, 0.717) is 5.92 Å². The van der Waals surface area contributed by atoms with E-state index in [1.165, 1.54) is 0 Å². The Morgan fingerprint density at radius 2 is 2.00 bits per heavy atom. The first-order valence-corrected chi connectivity index (χ1v) is 8.35. The van der Waals surface area contributed by atoms with E-state index >= 15 is 0 Å². The number of nitrogens with one attached hydrogen (secondary N) is 1. The van der Waals surface area contributed by atoms with Crippen molar-refractivity contribution in [3.05, 3.63) is 54.9 Å². The molecule has 1 fully saturated rings. The molecule has 1 aromatic carbocycles. The summed E-state index contributed by atoms with van der Waals surface area (Å²) in [7, 11) is 0. The Hall–Kier alpha value is -2.31. The van der Waals surface area contributed by atoms with Crippen LogP contribution in [0.1, 0.15) is 18.4 Å². The molecule has 24 heavy (non-hydrogen) atoms. The number of aliphatic hydroxyl groups is 1. The first-order chi connectivity index (χ1) is 11.8. The zero-order valence-corrected chi connectivity index (χ0v) is 13.4. The Balaban J connectivity index is 1.36. The van der Waals surface area contributed by atoms with Crippen LogP contribution in [-0.4, -0.2) is 36.8 Å². The number of benzene rings is 1. The molecule has 3 aromatic rings. The fraction of sp³-hybridized carbons (Fsp3) is 0.389. The van der Waals surface area contributed by atoms with E-state index in [-0.39, 0.29) is 12.1 Å². The molecule has 6 heteroatoms. The predicted molar refractivity (Wildman–Crippen MR) is 91.1 cm³/mol. The van der Waals surface area contributed by atoms with E-state index in [4.69, 9.17) is 0 Å². The maximum absolute atomic E-state index is 10.3. The van der Waals surface area contributed by atoms with Gasteiger partial charge in [0.25, 0.3) is 0 Å². The Bertz CT molecular complexity index is 804. The van der Waals surface area contributed by atoms with Crippen LogP contribution >= 0.6 is 0 Å². The average Bonchev–Trinajstić information content (AvgIpc) is 3.23. The lowest BCUT2D eigenvalue weighted by atomic mass is 10.1. The molecular formula is C18H21N5O. The van der Waals surface area contributed by atoms with Gasteiger partial charge in [-0.2, -0.15) is 0 Å². The highest BCUT2D eigenvalue weighted by Crippen LogP contribution is 2.28. The van der Waals surface area contributed by atoms with Crippen molar-refractivity contribution in [3.63, 3.8) is 0 Å². The van der Waals surface area contributed by atoms with Gasteiger partial charge in [-0.1, -0.05) is 6.07 Å². The van der Waals surface area contributed by atoms with Crippen LogP contribution in [0, 0.1) is 5.92 Å². The summed E-state index contributed by atoms with van der Waals surface area (Å²) in [4.78, 5) is 12.7. The highest BCUT2D eigenvalue weighted by molar-refractivity contribution is 5.74. The summed E-state index contributed by atoms with van der Waals surface area (Å²) in [6, 6.07) is 6.25. The topological polar surface area (TPSA) is 75.9 Å². The van der Waals surface area contributed by atoms with Gasteiger partial charge in [0.15, 0.2) is 0 Å². The predicted octanol–water partition coefficient (Wildman–Crippen LogP) is 1.76. The highest BCUT2D eigenvalue weighted by Gasteiger charge is 2.32. The van der Waals surface area contributed by atoms with E-state index < -0.39 is 0 Å². The van der Waals surface area contributed by atoms with Crippen LogP contribution in [0.5, 0.6) is 0 Å². The Morgan fingerprint density at radius 1 is 1.12 bits per heavy atom. The summed E-state index contributed by atoms with van der Waals surface area (Å²) in [5.74, 6) is 0.481. The molecule has 0 saturated heterocycles. The largest absolute Gasteiger partial charge is 0.391 e. The van der Waals surface area contributed by atoms with Gasteiger partial charge in [0.05, 0.1) is 23.5 Å². The molecule has 3 atom stereocenters. The Kier molecular flexibility index (Phi) is 4.23. The molecule has 0 bridgehead atoms. The van der Waals surface area contributed by atoms with Crippen LogP contribution in [0.2, 0.25) is 0 Å². The average molecular weight is 323 g/mol. The second-order valence-electron chi connectivity index (χ2n) is 6.53. The van der Waals surface area contributed by atoms with Crippen molar-refractivity contribution in [2.75, 3.05) is 0 Å². The van der Waals surface area contributed by atoms with E-state index in [2.05, 4.69) is 37.0 Å². The zero-order valence-electron chi connectivity index (χ0n) is 13.4. The third-order valence-electron chi connectivity index (χ3n) is 4.76. The summed E-state index contributed by atoms with van der Waals surface area (Å²) in [6.07, 6.45) is 10.5. The van der Waals surface area contributed by atoms with Gasteiger partial charge in [-0.3, -0.25) is 9.97 Å². The van der Waals surface area contributed by atoms with E-state index in [9.17, 15) is 5.11 Å². The van der Waals surface area contributed by atoms with Crippen molar-refractivity contribution in [2.24, 2.45) is 5.92 Å².